The molecule has 0 aromatic carbocycles. The highest BCUT2D eigenvalue weighted by atomic mass is 16.5. The van der Waals surface area contributed by atoms with Gasteiger partial charge in [0.15, 0.2) is 0 Å². The summed E-state index contributed by atoms with van der Waals surface area (Å²) in [6.07, 6.45) is 3.59. The average molecular weight is 213 g/mol. The van der Waals surface area contributed by atoms with Gasteiger partial charge in [-0.2, -0.15) is 0 Å². The van der Waals surface area contributed by atoms with Gasteiger partial charge < -0.3 is 10.5 Å². The predicted octanol–water partition coefficient (Wildman–Crippen LogP) is 0.206. The van der Waals surface area contributed by atoms with Crippen LogP contribution >= 0.6 is 0 Å². The Morgan fingerprint density at radius 1 is 1.40 bits per heavy atom. The Bertz CT molecular complexity index is 341. The van der Waals surface area contributed by atoms with Gasteiger partial charge in [0, 0.05) is 25.0 Å². The second kappa shape index (κ2) is 5.72. The molecule has 0 aliphatic rings. The zero-order valence-electron chi connectivity index (χ0n) is 9.35. The van der Waals surface area contributed by atoms with Crippen LogP contribution in [0.5, 0.6) is 0 Å². The summed E-state index contributed by atoms with van der Waals surface area (Å²) in [7, 11) is 0. The van der Waals surface area contributed by atoms with Crippen molar-refractivity contribution in [2.75, 3.05) is 19.8 Å². The van der Waals surface area contributed by atoms with Gasteiger partial charge >= 0.3 is 5.69 Å². The number of nitrogens with zero attached hydrogens (tertiary/aromatic N) is 2. The summed E-state index contributed by atoms with van der Waals surface area (Å²) >= 11 is 0. The first kappa shape index (κ1) is 12.0. The topological polar surface area (TPSA) is 62.2 Å². The smallest absolute Gasteiger partial charge is 0.328 e. The molecule has 0 bridgehead atoms. The minimum absolute atomic E-state index is 0.0151. The largest absolute Gasteiger partial charge is 0.378 e. The molecular weight excluding hydrogens is 194 g/mol. The molecule has 0 unspecified atom stereocenters. The lowest BCUT2D eigenvalue weighted by atomic mass is 10.4. The van der Waals surface area contributed by atoms with Crippen molar-refractivity contribution in [3.05, 3.63) is 22.9 Å². The quantitative estimate of drug-likeness (QED) is 0.687. The molecule has 86 valence electrons. The molecule has 15 heavy (non-hydrogen) atoms. The summed E-state index contributed by atoms with van der Waals surface area (Å²) in [6.45, 7) is 6.13. The van der Waals surface area contributed by atoms with Gasteiger partial charge in [0.05, 0.1) is 19.8 Å². The molecule has 0 saturated carbocycles. The van der Waals surface area contributed by atoms with Crippen LogP contribution in [0.15, 0.2) is 17.2 Å². The molecule has 1 aromatic heterocycles. The van der Waals surface area contributed by atoms with E-state index in [-0.39, 0.29) is 11.7 Å². The number of hydrogen-bond donors (Lipinski definition) is 1. The van der Waals surface area contributed by atoms with Crippen molar-refractivity contribution in [1.82, 2.24) is 9.13 Å². The molecule has 0 aliphatic carbocycles. The Kier molecular flexibility index (Phi) is 4.58. The fourth-order valence-corrected chi connectivity index (χ4v) is 1.34. The normalized spacial score (nSPS) is 11.2. The monoisotopic (exact) mass is 213 g/mol. The van der Waals surface area contributed by atoms with E-state index in [4.69, 9.17) is 10.5 Å². The van der Waals surface area contributed by atoms with Crippen LogP contribution in [-0.4, -0.2) is 28.9 Å². The molecule has 0 fully saturated rings. The summed E-state index contributed by atoms with van der Waals surface area (Å²) in [5.41, 5.74) is 5.30. The van der Waals surface area contributed by atoms with E-state index in [1.165, 1.54) is 0 Å². The summed E-state index contributed by atoms with van der Waals surface area (Å²) in [5.74, 6) is 0. The predicted molar refractivity (Wildman–Crippen MR) is 59.0 cm³/mol. The summed E-state index contributed by atoms with van der Waals surface area (Å²) < 4.78 is 8.56. The van der Waals surface area contributed by atoms with Gasteiger partial charge in [0.2, 0.25) is 0 Å². The second-order valence-corrected chi connectivity index (χ2v) is 3.68. The first-order chi connectivity index (χ1) is 7.16. The molecule has 0 spiro atoms. The van der Waals surface area contributed by atoms with Crippen molar-refractivity contribution in [2.45, 2.75) is 26.4 Å². The standard InChI is InChI=1S/C10H19N3O2/c1-9(2)13-5-4-12(10(13)14)6-8-15-7-3-11/h4-5,9H,3,6-8,11H2,1-2H3. The molecule has 1 aromatic rings. The Balaban J connectivity index is 2.52. The summed E-state index contributed by atoms with van der Waals surface area (Å²) in [5, 5.41) is 0. The third-order valence-electron chi connectivity index (χ3n) is 2.17. The highest BCUT2D eigenvalue weighted by Gasteiger charge is 2.05. The Morgan fingerprint density at radius 3 is 2.67 bits per heavy atom. The number of ether oxygens (including phenoxy) is 1. The lowest BCUT2D eigenvalue weighted by Gasteiger charge is -2.05. The molecule has 0 amide bonds. The van der Waals surface area contributed by atoms with Crippen LogP contribution in [0.25, 0.3) is 0 Å². The molecule has 0 radical (unpaired) electrons. The van der Waals surface area contributed by atoms with Crippen LogP contribution < -0.4 is 11.4 Å². The molecule has 2 N–H and O–H groups in total. The number of rotatable bonds is 6. The fraction of sp³-hybridized carbons (Fsp3) is 0.700. The van der Waals surface area contributed by atoms with Gasteiger partial charge in [0.1, 0.15) is 0 Å². The van der Waals surface area contributed by atoms with Crippen LogP contribution in [0, 0.1) is 0 Å². The van der Waals surface area contributed by atoms with Gasteiger partial charge in [-0.05, 0) is 13.8 Å². The van der Waals surface area contributed by atoms with Crippen LogP contribution in [0.2, 0.25) is 0 Å². The Labute approximate surface area is 89.4 Å². The van der Waals surface area contributed by atoms with E-state index in [0.29, 0.717) is 26.3 Å². The van der Waals surface area contributed by atoms with Crippen LogP contribution in [0.3, 0.4) is 0 Å². The molecule has 1 heterocycles. The van der Waals surface area contributed by atoms with E-state index in [2.05, 4.69) is 0 Å². The lowest BCUT2D eigenvalue weighted by molar-refractivity contribution is 0.132. The number of aromatic nitrogens is 2. The summed E-state index contributed by atoms with van der Waals surface area (Å²) in [4.78, 5) is 11.7. The van der Waals surface area contributed by atoms with E-state index in [1.54, 1.807) is 21.5 Å². The zero-order chi connectivity index (χ0) is 11.3. The minimum Gasteiger partial charge on any atom is -0.378 e. The van der Waals surface area contributed by atoms with Gasteiger partial charge in [-0.15, -0.1) is 0 Å². The molecule has 0 atom stereocenters. The Morgan fingerprint density at radius 2 is 2.13 bits per heavy atom. The highest BCUT2D eigenvalue weighted by Crippen LogP contribution is 1.98. The van der Waals surface area contributed by atoms with Crippen LogP contribution in [0.1, 0.15) is 19.9 Å². The number of imidazole rings is 1. The number of hydrogen-bond acceptors (Lipinski definition) is 3. The van der Waals surface area contributed by atoms with Gasteiger partial charge in [-0.3, -0.25) is 9.13 Å². The molecule has 1 rings (SSSR count). The van der Waals surface area contributed by atoms with Crippen molar-refractivity contribution in [1.29, 1.82) is 0 Å². The SMILES string of the molecule is CC(C)n1ccn(CCOCCN)c1=O. The maximum Gasteiger partial charge on any atom is 0.328 e. The highest BCUT2D eigenvalue weighted by molar-refractivity contribution is 4.83. The second-order valence-electron chi connectivity index (χ2n) is 3.68. The first-order valence-electron chi connectivity index (χ1n) is 5.22. The third-order valence-corrected chi connectivity index (χ3v) is 2.17. The van der Waals surface area contributed by atoms with Crippen molar-refractivity contribution < 1.29 is 4.74 Å². The Hall–Kier alpha value is -1.07. The van der Waals surface area contributed by atoms with Crippen molar-refractivity contribution in [2.24, 2.45) is 5.73 Å². The maximum atomic E-state index is 11.7. The van der Waals surface area contributed by atoms with Crippen LogP contribution in [-0.2, 0) is 11.3 Å². The van der Waals surface area contributed by atoms with E-state index < -0.39 is 0 Å². The lowest BCUT2D eigenvalue weighted by Crippen LogP contribution is -2.26. The maximum absolute atomic E-state index is 11.7. The van der Waals surface area contributed by atoms with Crippen molar-refractivity contribution in [3.8, 4) is 0 Å². The number of nitrogens with two attached hydrogens (primary N) is 1. The minimum atomic E-state index is 0.0151. The van der Waals surface area contributed by atoms with Crippen molar-refractivity contribution >= 4 is 0 Å². The molecule has 0 aliphatic heterocycles. The van der Waals surface area contributed by atoms with Crippen LogP contribution in [0.4, 0.5) is 0 Å². The van der Waals surface area contributed by atoms with E-state index in [0.717, 1.165) is 0 Å². The summed E-state index contributed by atoms with van der Waals surface area (Å²) in [6, 6.07) is 0.198. The molecule has 0 saturated heterocycles. The molecular formula is C10H19N3O2. The van der Waals surface area contributed by atoms with Gasteiger partial charge in [-0.25, -0.2) is 4.79 Å². The van der Waals surface area contributed by atoms with E-state index in [1.807, 2.05) is 13.8 Å². The molecule has 5 nitrogen and oxygen atoms in total. The molecule has 5 heteroatoms. The first-order valence-corrected chi connectivity index (χ1v) is 5.22. The van der Waals surface area contributed by atoms with Gasteiger partial charge in [0.25, 0.3) is 0 Å². The third kappa shape index (κ3) is 3.21. The fourth-order valence-electron chi connectivity index (χ4n) is 1.34. The van der Waals surface area contributed by atoms with E-state index in [9.17, 15) is 4.79 Å². The average Bonchev–Trinajstić information content (AvgIpc) is 2.55. The van der Waals surface area contributed by atoms with Crippen molar-refractivity contribution in [3.63, 3.8) is 0 Å². The van der Waals surface area contributed by atoms with E-state index >= 15 is 0 Å². The van der Waals surface area contributed by atoms with Gasteiger partial charge in [-0.1, -0.05) is 0 Å². The zero-order valence-corrected chi connectivity index (χ0v) is 9.35.